The van der Waals surface area contributed by atoms with Crippen molar-refractivity contribution in [3.05, 3.63) is 78.4 Å². The van der Waals surface area contributed by atoms with Gasteiger partial charge in [-0.25, -0.2) is 8.42 Å². The topological polar surface area (TPSA) is 46.2 Å². The van der Waals surface area contributed by atoms with E-state index in [1.807, 2.05) is 30.3 Å². The fraction of sp³-hybridized carbons (Fsp3) is 0.176. The maximum Gasteiger partial charge on any atom is 0.182 e. The summed E-state index contributed by atoms with van der Waals surface area (Å²) in [7, 11) is -3.29. The van der Waals surface area contributed by atoms with Crippen LogP contribution in [0.3, 0.4) is 0 Å². The quantitative estimate of drug-likeness (QED) is 0.800. The molecule has 0 bridgehead atoms. The van der Waals surface area contributed by atoms with Crippen LogP contribution in [0.15, 0.2) is 77.7 Å². The third-order valence-electron chi connectivity index (χ3n) is 3.04. The molecule has 0 heterocycles. The molecule has 4 heteroatoms. The monoisotopic (exact) mass is 301 g/mol. The average Bonchev–Trinajstić information content (AvgIpc) is 2.49. The fourth-order valence-corrected chi connectivity index (χ4v) is 3.39. The lowest BCUT2D eigenvalue weighted by molar-refractivity contribution is 0.597. The summed E-state index contributed by atoms with van der Waals surface area (Å²) >= 11 is 0. The van der Waals surface area contributed by atoms with E-state index in [0.717, 1.165) is 5.56 Å². The molecule has 0 aromatic heterocycles. The van der Waals surface area contributed by atoms with Gasteiger partial charge in [-0.1, -0.05) is 55.1 Å². The van der Waals surface area contributed by atoms with Crippen molar-refractivity contribution >= 4 is 9.84 Å². The Morgan fingerprint density at radius 2 is 1.52 bits per heavy atom. The van der Waals surface area contributed by atoms with E-state index in [-0.39, 0.29) is 5.75 Å². The van der Waals surface area contributed by atoms with E-state index in [9.17, 15) is 8.42 Å². The number of benzene rings is 2. The van der Waals surface area contributed by atoms with Crippen molar-refractivity contribution in [1.29, 1.82) is 0 Å². The molecule has 0 unspecified atom stereocenters. The van der Waals surface area contributed by atoms with Crippen LogP contribution in [-0.2, 0) is 16.4 Å². The molecule has 110 valence electrons. The summed E-state index contributed by atoms with van der Waals surface area (Å²) in [5, 5.41) is 3.21. The van der Waals surface area contributed by atoms with Crippen LogP contribution in [0.1, 0.15) is 5.56 Å². The molecule has 0 saturated heterocycles. The summed E-state index contributed by atoms with van der Waals surface area (Å²) in [6.07, 6.45) is 0. The minimum Gasteiger partial charge on any atom is -0.309 e. The molecular weight excluding hydrogens is 282 g/mol. The predicted octanol–water partition coefficient (Wildman–Crippen LogP) is 2.81. The molecule has 0 saturated carbocycles. The van der Waals surface area contributed by atoms with Gasteiger partial charge < -0.3 is 5.32 Å². The fourth-order valence-electron chi connectivity index (χ4n) is 2.01. The normalized spacial score (nSPS) is 11.2. The van der Waals surface area contributed by atoms with Crippen molar-refractivity contribution in [2.45, 2.75) is 11.4 Å². The minimum absolute atomic E-state index is 0.0290. The number of hydrogen-bond acceptors (Lipinski definition) is 3. The van der Waals surface area contributed by atoms with Gasteiger partial charge in [0, 0.05) is 13.1 Å². The number of rotatable bonds is 7. The van der Waals surface area contributed by atoms with Crippen molar-refractivity contribution in [2.24, 2.45) is 0 Å². The van der Waals surface area contributed by atoms with Crippen LogP contribution in [0, 0.1) is 0 Å². The Labute approximate surface area is 126 Å². The van der Waals surface area contributed by atoms with Crippen LogP contribution >= 0.6 is 0 Å². The van der Waals surface area contributed by atoms with Gasteiger partial charge in [0.25, 0.3) is 0 Å². The smallest absolute Gasteiger partial charge is 0.182 e. The van der Waals surface area contributed by atoms with Gasteiger partial charge in [0.1, 0.15) is 0 Å². The zero-order valence-electron chi connectivity index (χ0n) is 11.8. The second-order valence-corrected chi connectivity index (χ2v) is 6.90. The van der Waals surface area contributed by atoms with Crippen LogP contribution in [0.25, 0.3) is 0 Å². The Hall–Kier alpha value is -1.91. The molecular formula is C17H19NO2S. The van der Waals surface area contributed by atoms with Gasteiger partial charge in [0.2, 0.25) is 0 Å². The summed E-state index contributed by atoms with van der Waals surface area (Å²) in [5.74, 6) is -0.0290. The Bertz CT molecular complexity index is 679. The van der Waals surface area contributed by atoms with Gasteiger partial charge in [-0.3, -0.25) is 0 Å². The van der Waals surface area contributed by atoms with Gasteiger partial charge in [0.05, 0.1) is 10.6 Å². The summed E-state index contributed by atoms with van der Waals surface area (Å²) in [6, 6.07) is 18.4. The first kappa shape index (κ1) is 15.5. The SMILES string of the molecule is C=C(CNCc1ccccc1)CS(=O)(=O)c1ccccc1. The molecule has 0 fully saturated rings. The zero-order valence-corrected chi connectivity index (χ0v) is 12.6. The summed E-state index contributed by atoms with van der Waals surface area (Å²) in [5.41, 5.74) is 1.83. The average molecular weight is 301 g/mol. The number of hydrogen-bond donors (Lipinski definition) is 1. The Kier molecular flexibility index (Phi) is 5.31. The van der Waals surface area contributed by atoms with Crippen molar-refractivity contribution in [3.8, 4) is 0 Å². The Morgan fingerprint density at radius 3 is 2.14 bits per heavy atom. The van der Waals surface area contributed by atoms with Crippen LogP contribution in [-0.4, -0.2) is 20.7 Å². The summed E-state index contributed by atoms with van der Waals surface area (Å²) < 4.78 is 24.4. The van der Waals surface area contributed by atoms with Gasteiger partial charge in [-0.05, 0) is 23.3 Å². The molecule has 0 aliphatic rings. The van der Waals surface area contributed by atoms with Crippen LogP contribution < -0.4 is 5.32 Å². The molecule has 0 spiro atoms. The molecule has 3 nitrogen and oxygen atoms in total. The van der Waals surface area contributed by atoms with E-state index in [1.54, 1.807) is 30.3 Å². The highest BCUT2D eigenvalue weighted by atomic mass is 32.2. The van der Waals surface area contributed by atoms with Crippen molar-refractivity contribution < 1.29 is 8.42 Å². The molecule has 21 heavy (non-hydrogen) atoms. The second kappa shape index (κ2) is 7.20. The molecule has 2 rings (SSSR count). The molecule has 2 aromatic carbocycles. The molecule has 1 N–H and O–H groups in total. The molecule has 0 atom stereocenters. The standard InChI is InChI=1S/C17H19NO2S/c1-15(12-18-13-16-8-4-2-5-9-16)14-21(19,20)17-10-6-3-7-11-17/h2-11,18H,1,12-14H2. The van der Waals surface area contributed by atoms with Crippen molar-refractivity contribution in [3.63, 3.8) is 0 Å². The van der Waals surface area contributed by atoms with E-state index in [1.165, 1.54) is 0 Å². The summed E-state index contributed by atoms with van der Waals surface area (Å²) in [4.78, 5) is 0.342. The third kappa shape index (κ3) is 4.85. The summed E-state index contributed by atoms with van der Waals surface area (Å²) in [6.45, 7) is 5.04. The second-order valence-electron chi connectivity index (χ2n) is 4.91. The largest absolute Gasteiger partial charge is 0.309 e. The van der Waals surface area contributed by atoms with Gasteiger partial charge in [-0.2, -0.15) is 0 Å². The van der Waals surface area contributed by atoms with E-state index in [0.29, 0.717) is 23.6 Å². The van der Waals surface area contributed by atoms with Crippen molar-refractivity contribution in [2.75, 3.05) is 12.3 Å². The van der Waals surface area contributed by atoms with E-state index in [2.05, 4.69) is 11.9 Å². The zero-order chi connectivity index (χ0) is 15.1. The van der Waals surface area contributed by atoms with Gasteiger partial charge >= 0.3 is 0 Å². The van der Waals surface area contributed by atoms with E-state index < -0.39 is 9.84 Å². The maximum atomic E-state index is 12.2. The lowest BCUT2D eigenvalue weighted by Gasteiger charge is -2.09. The Balaban J connectivity index is 1.85. The maximum absolute atomic E-state index is 12.2. The van der Waals surface area contributed by atoms with Crippen LogP contribution in [0.5, 0.6) is 0 Å². The number of nitrogens with one attached hydrogen (secondary N) is 1. The lowest BCUT2D eigenvalue weighted by Crippen LogP contribution is -2.20. The highest BCUT2D eigenvalue weighted by Gasteiger charge is 2.15. The molecule has 2 aromatic rings. The van der Waals surface area contributed by atoms with Gasteiger partial charge in [-0.15, -0.1) is 0 Å². The van der Waals surface area contributed by atoms with Crippen LogP contribution in [0.2, 0.25) is 0 Å². The molecule has 0 aliphatic carbocycles. The lowest BCUT2D eigenvalue weighted by atomic mass is 10.2. The molecule has 0 radical (unpaired) electrons. The van der Waals surface area contributed by atoms with Crippen LogP contribution in [0.4, 0.5) is 0 Å². The Morgan fingerprint density at radius 1 is 0.952 bits per heavy atom. The molecule has 0 aliphatic heterocycles. The number of sulfone groups is 1. The van der Waals surface area contributed by atoms with E-state index >= 15 is 0 Å². The first-order valence-electron chi connectivity index (χ1n) is 6.77. The minimum atomic E-state index is -3.29. The first-order chi connectivity index (χ1) is 10.1. The first-order valence-corrected chi connectivity index (χ1v) is 8.42. The van der Waals surface area contributed by atoms with E-state index in [4.69, 9.17) is 0 Å². The van der Waals surface area contributed by atoms with Gasteiger partial charge in [0.15, 0.2) is 9.84 Å². The highest BCUT2D eigenvalue weighted by Crippen LogP contribution is 2.12. The molecule has 0 amide bonds. The van der Waals surface area contributed by atoms with Crippen molar-refractivity contribution in [1.82, 2.24) is 5.32 Å². The highest BCUT2D eigenvalue weighted by molar-refractivity contribution is 7.91. The predicted molar refractivity (Wildman–Crippen MR) is 85.8 cm³/mol. The third-order valence-corrected chi connectivity index (χ3v) is 4.82.